The minimum atomic E-state index is 0.0468. The number of nitrogens with zero attached hydrogens (tertiary/aromatic N) is 3. The van der Waals surface area contributed by atoms with Gasteiger partial charge in [0.2, 0.25) is 0 Å². The molecule has 0 fully saturated rings. The quantitative estimate of drug-likeness (QED) is 0.682. The molecule has 0 amide bonds. The number of ketones is 1. The Morgan fingerprint density at radius 2 is 1.85 bits per heavy atom. The van der Waals surface area contributed by atoms with E-state index in [0.29, 0.717) is 5.56 Å². The summed E-state index contributed by atoms with van der Waals surface area (Å²) in [5, 5.41) is 8.10. The van der Waals surface area contributed by atoms with Crippen molar-refractivity contribution in [2.75, 3.05) is 0 Å². The van der Waals surface area contributed by atoms with Crippen molar-refractivity contribution in [1.29, 1.82) is 0 Å². The van der Waals surface area contributed by atoms with Crippen LogP contribution in [-0.2, 0) is 0 Å². The van der Waals surface area contributed by atoms with Crippen molar-refractivity contribution >= 4 is 5.78 Å². The Labute approximate surface area is 116 Å². The summed E-state index contributed by atoms with van der Waals surface area (Å²) in [4.78, 5) is 11.5. The van der Waals surface area contributed by atoms with E-state index in [9.17, 15) is 4.79 Å². The second-order valence-electron chi connectivity index (χ2n) is 4.50. The third kappa shape index (κ3) is 2.23. The van der Waals surface area contributed by atoms with Gasteiger partial charge in [0.25, 0.3) is 0 Å². The third-order valence-corrected chi connectivity index (χ3v) is 3.11. The van der Waals surface area contributed by atoms with Crippen molar-refractivity contribution in [2.24, 2.45) is 0 Å². The zero-order chi connectivity index (χ0) is 13.9. The number of aromatic nitrogens is 3. The summed E-state index contributed by atoms with van der Waals surface area (Å²) >= 11 is 0. The lowest BCUT2D eigenvalue weighted by Crippen LogP contribution is -1.99. The first-order valence-corrected chi connectivity index (χ1v) is 6.33. The van der Waals surface area contributed by atoms with Gasteiger partial charge in [0.15, 0.2) is 5.78 Å². The molecule has 0 atom stereocenters. The van der Waals surface area contributed by atoms with Crippen LogP contribution in [0, 0.1) is 0 Å². The topological polar surface area (TPSA) is 47.8 Å². The monoisotopic (exact) mass is 263 g/mol. The first kappa shape index (κ1) is 12.3. The van der Waals surface area contributed by atoms with Gasteiger partial charge in [-0.05, 0) is 25.1 Å². The van der Waals surface area contributed by atoms with E-state index in [0.717, 1.165) is 16.9 Å². The molecule has 0 N–H and O–H groups in total. The first-order valence-electron chi connectivity index (χ1n) is 6.33. The van der Waals surface area contributed by atoms with Crippen LogP contribution in [0.15, 0.2) is 60.8 Å². The van der Waals surface area contributed by atoms with E-state index < -0.39 is 0 Å². The Hall–Kier alpha value is -2.75. The van der Waals surface area contributed by atoms with Crippen LogP contribution in [0.5, 0.6) is 0 Å². The molecular formula is C16H13N3O. The Bertz CT molecular complexity index is 747. The molecule has 4 heteroatoms. The van der Waals surface area contributed by atoms with Crippen molar-refractivity contribution in [3.63, 3.8) is 0 Å². The maximum Gasteiger partial charge on any atom is 0.159 e. The standard InChI is InChI=1S/C16H13N3O/c1-12(20)13-6-5-7-14(10-13)16-11-17-18-19(16)15-8-3-2-4-9-15/h2-11H,1H3. The van der Waals surface area contributed by atoms with Gasteiger partial charge in [0, 0.05) is 11.1 Å². The summed E-state index contributed by atoms with van der Waals surface area (Å²) in [6.45, 7) is 1.56. The molecule has 4 nitrogen and oxygen atoms in total. The number of carbonyl (C=O) groups is 1. The van der Waals surface area contributed by atoms with Crippen LogP contribution in [-0.4, -0.2) is 20.8 Å². The molecule has 20 heavy (non-hydrogen) atoms. The van der Waals surface area contributed by atoms with Crippen LogP contribution in [0.3, 0.4) is 0 Å². The molecule has 0 saturated carbocycles. The molecule has 1 heterocycles. The molecule has 0 aliphatic heterocycles. The highest BCUT2D eigenvalue weighted by molar-refractivity contribution is 5.95. The number of benzene rings is 2. The van der Waals surface area contributed by atoms with Gasteiger partial charge in [0.05, 0.1) is 17.6 Å². The summed E-state index contributed by atoms with van der Waals surface area (Å²) in [5.74, 6) is 0.0468. The van der Waals surface area contributed by atoms with Gasteiger partial charge in [-0.15, -0.1) is 5.10 Å². The molecule has 0 spiro atoms. The SMILES string of the molecule is CC(=O)c1cccc(-c2cnnn2-c2ccccc2)c1. The number of hydrogen-bond acceptors (Lipinski definition) is 3. The smallest absolute Gasteiger partial charge is 0.159 e. The molecule has 0 unspecified atom stereocenters. The summed E-state index contributed by atoms with van der Waals surface area (Å²) < 4.78 is 1.76. The lowest BCUT2D eigenvalue weighted by atomic mass is 10.1. The molecule has 0 bridgehead atoms. The Balaban J connectivity index is 2.10. The molecule has 0 saturated heterocycles. The Morgan fingerprint density at radius 1 is 1.05 bits per heavy atom. The van der Waals surface area contributed by atoms with Crippen molar-refractivity contribution in [2.45, 2.75) is 6.92 Å². The van der Waals surface area contributed by atoms with Crippen molar-refractivity contribution in [1.82, 2.24) is 15.0 Å². The molecule has 0 radical (unpaired) electrons. The van der Waals surface area contributed by atoms with E-state index in [1.165, 1.54) is 0 Å². The van der Waals surface area contributed by atoms with E-state index in [-0.39, 0.29) is 5.78 Å². The lowest BCUT2D eigenvalue weighted by Gasteiger charge is -2.07. The summed E-state index contributed by atoms with van der Waals surface area (Å²) in [6, 6.07) is 17.3. The predicted molar refractivity (Wildman–Crippen MR) is 76.8 cm³/mol. The van der Waals surface area contributed by atoms with Crippen LogP contribution in [0.4, 0.5) is 0 Å². The average Bonchev–Trinajstić information content (AvgIpc) is 2.98. The van der Waals surface area contributed by atoms with Crippen LogP contribution >= 0.6 is 0 Å². The zero-order valence-electron chi connectivity index (χ0n) is 11.0. The molecule has 3 aromatic rings. The molecule has 98 valence electrons. The number of carbonyl (C=O) groups excluding carboxylic acids is 1. The van der Waals surface area contributed by atoms with Gasteiger partial charge in [0.1, 0.15) is 0 Å². The highest BCUT2D eigenvalue weighted by Gasteiger charge is 2.09. The van der Waals surface area contributed by atoms with E-state index in [1.54, 1.807) is 17.8 Å². The van der Waals surface area contributed by atoms with E-state index in [1.807, 2.05) is 54.6 Å². The fourth-order valence-electron chi connectivity index (χ4n) is 2.09. The molecule has 0 aliphatic rings. The van der Waals surface area contributed by atoms with Crippen LogP contribution in [0.1, 0.15) is 17.3 Å². The van der Waals surface area contributed by atoms with Crippen molar-refractivity contribution < 1.29 is 4.79 Å². The molecule has 3 rings (SSSR count). The average molecular weight is 263 g/mol. The number of hydrogen-bond donors (Lipinski definition) is 0. The van der Waals surface area contributed by atoms with Gasteiger partial charge >= 0.3 is 0 Å². The maximum absolute atomic E-state index is 11.5. The van der Waals surface area contributed by atoms with Crippen molar-refractivity contribution in [3.05, 3.63) is 66.4 Å². The largest absolute Gasteiger partial charge is 0.295 e. The molecule has 2 aromatic carbocycles. The second-order valence-corrected chi connectivity index (χ2v) is 4.50. The van der Waals surface area contributed by atoms with Crippen LogP contribution < -0.4 is 0 Å². The minimum absolute atomic E-state index is 0.0468. The fourth-order valence-corrected chi connectivity index (χ4v) is 2.09. The second kappa shape index (κ2) is 5.09. The van der Waals surface area contributed by atoms with E-state index >= 15 is 0 Å². The minimum Gasteiger partial charge on any atom is -0.295 e. The van der Waals surface area contributed by atoms with Gasteiger partial charge < -0.3 is 0 Å². The molecule has 0 aliphatic carbocycles. The molecule has 1 aromatic heterocycles. The van der Waals surface area contributed by atoms with E-state index in [2.05, 4.69) is 10.3 Å². The summed E-state index contributed by atoms with van der Waals surface area (Å²) in [6.07, 6.45) is 1.70. The fraction of sp³-hybridized carbons (Fsp3) is 0.0625. The summed E-state index contributed by atoms with van der Waals surface area (Å²) in [5.41, 5.74) is 3.40. The number of rotatable bonds is 3. The van der Waals surface area contributed by atoms with Crippen LogP contribution in [0.2, 0.25) is 0 Å². The maximum atomic E-state index is 11.5. The first-order chi connectivity index (χ1) is 9.75. The summed E-state index contributed by atoms with van der Waals surface area (Å²) in [7, 11) is 0. The highest BCUT2D eigenvalue weighted by atomic mass is 16.1. The molecular weight excluding hydrogens is 250 g/mol. The van der Waals surface area contributed by atoms with Gasteiger partial charge in [-0.25, -0.2) is 4.68 Å². The third-order valence-electron chi connectivity index (χ3n) is 3.11. The Kier molecular flexibility index (Phi) is 3.13. The predicted octanol–water partition coefficient (Wildman–Crippen LogP) is 3.14. The van der Waals surface area contributed by atoms with Gasteiger partial charge in [-0.2, -0.15) is 0 Å². The van der Waals surface area contributed by atoms with Crippen molar-refractivity contribution in [3.8, 4) is 16.9 Å². The normalized spacial score (nSPS) is 10.4. The number of Topliss-reactive ketones (excluding diaryl/α,β-unsaturated/α-hetero) is 1. The zero-order valence-corrected chi connectivity index (χ0v) is 11.0. The van der Waals surface area contributed by atoms with Crippen LogP contribution in [0.25, 0.3) is 16.9 Å². The van der Waals surface area contributed by atoms with Gasteiger partial charge in [-0.3, -0.25) is 4.79 Å². The lowest BCUT2D eigenvalue weighted by molar-refractivity contribution is 0.101. The number of para-hydroxylation sites is 1. The Morgan fingerprint density at radius 3 is 2.60 bits per heavy atom. The van der Waals surface area contributed by atoms with Gasteiger partial charge in [-0.1, -0.05) is 41.6 Å². The van der Waals surface area contributed by atoms with E-state index in [4.69, 9.17) is 0 Å². The highest BCUT2D eigenvalue weighted by Crippen LogP contribution is 2.22.